The van der Waals surface area contributed by atoms with Crippen molar-refractivity contribution in [3.63, 3.8) is 0 Å². The second kappa shape index (κ2) is 7.61. The van der Waals surface area contributed by atoms with Crippen molar-refractivity contribution in [1.82, 2.24) is 0 Å². The van der Waals surface area contributed by atoms with Crippen LogP contribution in [0.5, 0.6) is 5.75 Å². The number of phenols is 1. The number of carbonyl (C=O) groups excluding carboxylic acids is 1. The molecule has 0 saturated heterocycles. The summed E-state index contributed by atoms with van der Waals surface area (Å²) < 4.78 is 27.1. The van der Waals surface area contributed by atoms with Crippen LogP contribution in [0.3, 0.4) is 0 Å². The highest BCUT2D eigenvalue weighted by molar-refractivity contribution is 6.34. The fourth-order valence-electron chi connectivity index (χ4n) is 2.52. The largest absolute Gasteiger partial charge is 0.507 e. The number of aromatic hydroxyl groups is 1. The smallest absolute Gasteiger partial charge is 0.271 e. The van der Waals surface area contributed by atoms with Crippen molar-refractivity contribution in [1.29, 1.82) is 0 Å². The number of hydrogen-bond donors (Lipinski definition) is 2. The third-order valence-corrected chi connectivity index (χ3v) is 4.21. The van der Waals surface area contributed by atoms with Gasteiger partial charge in [-0.05, 0) is 35.9 Å². The van der Waals surface area contributed by atoms with E-state index in [1.165, 1.54) is 30.3 Å². The molecule has 3 rings (SSSR count). The van der Waals surface area contributed by atoms with Gasteiger partial charge < -0.3 is 10.4 Å². The Balaban J connectivity index is 1.93. The highest BCUT2D eigenvalue weighted by Crippen LogP contribution is 2.31. The van der Waals surface area contributed by atoms with Gasteiger partial charge in [-0.15, -0.1) is 0 Å². The molecule has 2 N–H and O–H groups in total. The van der Waals surface area contributed by atoms with Gasteiger partial charge in [-0.25, -0.2) is 8.78 Å². The van der Waals surface area contributed by atoms with Crippen molar-refractivity contribution in [3.8, 4) is 16.9 Å². The van der Waals surface area contributed by atoms with E-state index >= 15 is 0 Å². The van der Waals surface area contributed by atoms with Crippen LogP contribution in [0.1, 0.15) is 10.4 Å². The Bertz CT molecular complexity index is 1110. The lowest BCUT2D eigenvalue weighted by atomic mass is 10.0. The summed E-state index contributed by atoms with van der Waals surface area (Å²) in [6.45, 7) is 0. The van der Waals surface area contributed by atoms with E-state index in [0.29, 0.717) is 6.07 Å². The number of anilines is 1. The molecule has 0 saturated carbocycles. The fourth-order valence-corrected chi connectivity index (χ4v) is 2.74. The topological polar surface area (TPSA) is 92.5 Å². The number of rotatable bonds is 4. The van der Waals surface area contributed by atoms with Crippen LogP contribution >= 0.6 is 11.6 Å². The number of nitrogens with zero attached hydrogens (tertiary/aromatic N) is 1. The number of carbonyl (C=O) groups is 1. The molecule has 1 amide bonds. The lowest BCUT2D eigenvalue weighted by molar-refractivity contribution is -0.384. The van der Waals surface area contributed by atoms with Gasteiger partial charge in [-0.1, -0.05) is 17.7 Å². The Morgan fingerprint density at radius 1 is 1.07 bits per heavy atom. The molecule has 0 fully saturated rings. The molecule has 0 aromatic heterocycles. The van der Waals surface area contributed by atoms with E-state index in [-0.39, 0.29) is 38.8 Å². The third kappa shape index (κ3) is 3.91. The van der Waals surface area contributed by atoms with Crippen LogP contribution in [0.25, 0.3) is 11.1 Å². The van der Waals surface area contributed by atoms with Gasteiger partial charge in [0.15, 0.2) is 0 Å². The summed E-state index contributed by atoms with van der Waals surface area (Å²) in [6, 6.07) is 10.3. The van der Waals surface area contributed by atoms with Gasteiger partial charge in [0.05, 0.1) is 21.2 Å². The number of non-ortho nitro benzene ring substituents is 1. The summed E-state index contributed by atoms with van der Waals surface area (Å²) in [4.78, 5) is 22.6. The first-order valence-corrected chi connectivity index (χ1v) is 8.18. The second-order valence-electron chi connectivity index (χ2n) is 5.73. The molecular weight excluding hydrogens is 394 g/mol. The molecular formula is C19H11ClF2N2O4. The van der Waals surface area contributed by atoms with E-state index in [2.05, 4.69) is 5.32 Å². The van der Waals surface area contributed by atoms with E-state index in [1.54, 1.807) is 0 Å². The minimum atomic E-state index is -0.824. The van der Waals surface area contributed by atoms with E-state index in [4.69, 9.17) is 11.6 Å². The van der Waals surface area contributed by atoms with Crippen LogP contribution in [0.15, 0.2) is 54.6 Å². The highest BCUT2D eigenvalue weighted by Gasteiger charge is 2.17. The van der Waals surface area contributed by atoms with E-state index in [1.807, 2.05) is 0 Å². The molecule has 0 radical (unpaired) electrons. The lowest BCUT2D eigenvalue weighted by Crippen LogP contribution is -2.12. The number of nitrogens with one attached hydrogen (secondary N) is 1. The molecule has 0 unspecified atom stereocenters. The molecule has 6 nitrogen and oxygen atoms in total. The highest BCUT2D eigenvalue weighted by atomic mass is 35.5. The van der Waals surface area contributed by atoms with Crippen LogP contribution in [-0.2, 0) is 0 Å². The molecule has 142 valence electrons. The molecule has 0 spiro atoms. The maximum absolute atomic E-state index is 14.0. The maximum atomic E-state index is 14.0. The first-order chi connectivity index (χ1) is 13.3. The molecule has 3 aromatic rings. The summed E-state index contributed by atoms with van der Waals surface area (Å²) in [5.41, 5.74) is -0.0515. The SMILES string of the molecule is O=C(Nc1ccc([N+](=O)[O-])cc1Cl)c1cc(-c2ccc(F)cc2F)ccc1O. The first-order valence-electron chi connectivity index (χ1n) is 7.80. The fraction of sp³-hybridized carbons (Fsp3) is 0. The summed E-state index contributed by atoms with van der Waals surface area (Å²) in [6.07, 6.45) is 0. The summed E-state index contributed by atoms with van der Waals surface area (Å²) >= 11 is 5.94. The molecule has 0 bridgehead atoms. The molecule has 3 aromatic carbocycles. The molecule has 0 heterocycles. The van der Waals surface area contributed by atoms with Crippen LogP contribution < -0.4 is 5.32 Å². The van der Waals surface area contributed by atoms with Crippen molar-refractivity contribution in [2.45, 2.75) is 0 Å². The van der Waals surface area contributed by atoms with Gasteiger partial charge in [0.25, 0.3) is 11.6 Å². The Hall–Kier alpha value is -3.52. The van der Waals surface area contributed by atoms with Crippen LogP contribution in [0, 0.1) is 21.7 Å². The zero-order chi connectivity index (χ0) is 20.4. The number of nitro groups is 1. The number of amides is 1. The number of nitro benzene ring substituents is 1. The van der Waals surface area contributed by atoms with Crippen molar-refractivity contribution in [2.24, 2.45) is 0 Å². The van der Waals surface area contributed by atoms with Gasteiger partial charge in [-0.2, -0.15) is 0 Å². The predicted molar refractivity (Wildman–Crippen MR) is 99.5 cm³/mol. The first kappa shape index (κ1) is 19.2. The van der Waals surface area contributed by atoms with Gasteiger partial charge >= 0.3 is 0 Å². The van der Waals surface area contributed by atoms with Crippen molar-refractivity contribution >= 4 is 28.9 Å². The molecule has 0 aliphatic heterocycles. The maximum Gasteiger partial charge on any atom is 0.271 e. The summed E-state index contributed by atoms with van der Waals surface area (Å²) in [5, 5.41) is 23.1. The minimum absolute atomic E-state index is 0.0452. The zero-order valence-electron chi connectivity index (χ0n) is 13.9. The Morgan fingerprint density at radius 3 is 2.46 bits per heavy atom. The van der Waals surface area contributed by atoms with Gasteiger partial charge in [0.1, 0.15) is 17.4 Å². The van der Waals surface area contributed by atoms with E-state index < -0.39 is 22.5 Å². The Labute approximate surface area is 162 Å². The number of benzene rings is 3. The molecule has 28 heavy (non-hydrogen) atoms. The minimum Gasteiger partial charge on any atom is -0.507 e. The normalized spacial score (nSPS) is 10.5. The summed E-state index contributed by atoms with van der Waals surface area (Å²) in [5.74, 6) is -2.71. The van der Waals surface area contributed by atoms with Crippen molar-refractivity contribution in [3.05, 3.63) is 86.9 Å². The number of hydrogen-bond acceptors (Lipinski definition) is 4. The Kier molecular flexibility index (Phi) is 5.23. The standard InChI is InChI=1S/C19H11ClF2N2O4/c20-15-9-12(24(27)28)3-5-17(15)23-19(26)14-7-10(1-6-18(14)25)13-4-2-11(21)8-16(13)22/h1-9,25H,(H,23,26). The zero-order valence-corrected chi connectivity index (χ0v) is 14.7. The van der Waals surface area contributed by atoms with Crippen LogP contribution in [0.4, 0.5) is 20.2 Å². The monoisotopic (exact) mass is 404 g/mol. The molecule has 9 heteroatoms. The van der Waals surface area contributed by atoms with E-state index in [0.717, 1.165) is 18.2 Å². The van der Waals surface area contributed by atoms with Gasteiger partial charge in [-0.3, -0.25) is 14.9 Å². The Morgan fingerprint density at radius 2 is 1.82 bits per heavy atom. The quantitative estimate of drug-likeness (QED) is 0.464. The molecule has 0 atom stereocenters. The second-order valence-corrected chi connectivity index (χ2v) is 6.14. The van der Waals surface area contributed by atoms with Gasteiger partial charge in [0.2, 0.25) is 0 Å². The lowest BCUT2D eigenvalue weighted by Gasteiger charge is -2.11. The van der Waals surface area contributed by atoms with Crippen molar-refractivity contribution < 1.29 is 23.6 Å². The van der Waals surface area contributed by atoms with Crippen LogP contribution in [-0.4, -0.2) is 15.9 Å². The van der Waals surface area contributed by atoms with E-state index in [9.17, 15) is 28.8 Å². The van der Waals surface area contributed by atoms with Gasteiger partial charge in [0, 0.05) is 23.8 Å². The predicted octanol–water partition coefficient (Wildman–Crippen LogP) is 5.15. The molecule has 0 aliphatic rings. The third-order valence-electron chi connectivity index (χ3n) is 3.90. The summed E-state index contributed by atoms with van der Waals surface area (Å²) in [7, 11) is 0. The average molecular weight is 405 g/mol. The number of halogens is 3. The van der Waals surface area contributed by atoms with Crippen molar-refractivity contribution in [2.75, 3.05) is 5.32 Å². The molecule has 0 aliphatic carbocycles. The number of phenolic OH excluding ortho intramolecular Hbond substituents is 1. The van der Waals surface area contributed by atoms with Crippen LogP contribution in [0.2, 0.25) is 5.02 Å². The average Bonchev–Trinajstić information content (AvgIpc) is 2.64.